The molecule has 0 unspecified atom stereocenters. The van der Waals surface area contributed by atoms with Gasteiger partial charge in [-0.25, -0.2) is 9.97 Å². The minimum atomic E-state index is 0.790. The Bertz CT molecular complexity index is 492. The molecule has 0 aliphatic heterocycles. The van der Waals surface area contributed by atoms with Crippen LogP contribution in [0.2, 0.25) is 0 Å². The number of hydrogen-bond donors (Lipinski definition) is 0. The monoisotopic (exact) mass is 215 g/mol. The third-order valence-corrected chi connectivity index (χ3v) is 2.52. The van der Waals surface area contributed by atoms with Crippen molar-refractivity contribution in [2.24, 2.45) is 0 Å². The molecular weight excluding hydrogens is 198 g/mol. The molecule has 0 fully saturated rings. The van der Waals surface area contributed by atoms with E-state index in [4.69, 9.17) is 0 Å². The van der Waals surface area contributed by atoms with Crippen LogP contribution in [0.4, 0.5) is 0 Å². The number of nitrogens with zero attached hydrogens (tertiary/aromatic N) is 3. The van der Waals surface area contributed by atoms with Gasteiger partial charge in [-0.2, -0.15) is 0 Å². The summed E-state index contributed by atoms with van der Waals surface area (Å²) < 4.78 is 0. The lowest BCUT2D eigenvalue weighted by Gasteiger charge is -2.10. The van der Waals surface area contributed by atoms with E-state index in [1.807, 2.05) is 26.2 Å². The van der Waals surface area contributed by atoms with E-state index in [2.05, 4.69) is 33.9 Å². The molecule has 1 aromatic carbocycles. The van der Waals surface area contributed by atoms with E-state index in [0.29, 0.717) is 0 Å². The van der Waals surface area contributed by atoms with Gasteiger partial charge in [-0.1, -0.05) is 25.1 Å². The maximum absolute atomic E-state index is 4.61. The number of aromatic nitrogens is 2. The molecule has 3 nitrogen and oxygen atoms in total. The molecule has 0 aliphatic rings. The molecule has 0 spiro atoms. The molecule has 16 heavy (non-hydrogen) atoms. The highest BCUT2D eigenvalue weighted by atomic mass is 15.1. The number of para-hydroxylation sites is 1. The summed E-state index contributed by atoms with van der Waals surface area (Å²) in [6.45, 7) is 2.92. The summed E-state index contributed by atoms with van der Waals surface area (Å²) in [5.41, 5.74) is 2.19. The summed E-state index contributed by atoms with van der Waals surface area (Å²) in [6, 6.07) is 8.20. The summed E-state index contributed by atoms with van der Waals surface area (Å²) in [6.07, 6.45) is 0.948. The zero-order valence-corrected chi connectivity index (χ0v) is 10.1. The van der Waals surface area contributed by atoms with Crippen molar-refractivity contribution in [2.45, 2.75) is 19.9 Å². The Labute approximate surface area is 96.1 Å². The fourth-order valence-electron chi connectivity index (χ4n) is 1.82. The molecule has 3 heteroatoms. The fraction of sp³-hybridized carbons (Fsp3) is 0.385. The Balaban J connectivity index is 2.54. The first kappa shape index (κ1) is 11.0. The van der Waals surface area contributed by atoms with Crippen LogP contribution in [-0.4, -0.2) is 29.0 Å². The Morgan fingerprint density at radius 1 is 1.12 bits per heavy atom. The lowest BCUT2D eigenvalue weighted by atomic mass is 10.1. The van der Waals surface area contributed by atoms with Crippen LogP contribution < -0.4 is 0 Å². The lowest BCUT2D eigenvalue weighted by molar-refractivity contribution is 0.390. The van der Waals surface area contributed by atoms with Crippen molar-refractivity contribution in [1.82, 2.24) is 14.9 Å². The molecular formula is C13H17N3. The highest BCUT2D eigenvalue weighted by Gasteiger charge is 2.06. The maximum atomic E-state index is 4.61. The zero-order valence-electron chi connectivity index (χ0n) is 10.1. The number of aryl methyl sites for hydroxylation is 1. The molecule has 0 radical (unpaired) electrons. The van der Waals surface area contributed by atoms with Gasteiger partial charge >= 0.3 is 0 Å². The predicted octanol–water partition coefficient (Wildman–Crippen LogP) is 2.25. The van der Waals surface area contributed by atoms with Gasteiger partial charge in [0.2, 0.25) is 0 Å². The van der Waals surface area contributed by atoms with Gasteiger partial charge < -0.3 is 4.90 Å². The predicted molar refractivity (Wildman–Crippen MR) is 66.3 cm³/mol. The molecule has 0 amide bonds. The first-order chi connectivity index (χ1) is 7.70. The van der Waals surface area contributed by atoms with E-state index < -0.39 is 0 Å². The van der Waals surface area contributed by atoms with Crippen LogP contribution >= 0.6 is 0 Å². The molecule has 2 aromatic rings. The van der Waals surface area contributed by atoms with E-state index in [1.54, 1.807) is 0 Å². The van der Waals surface area contributed by atoms with Gasteiger partial charge in [-0.3, -0.25) is 0 Å². The first-order valence-electron chi connectivity index (χ1n) is 5.60. The molecule has 84 valence electrons. The van der Waals surface area contributed by atoms with Gasteiger partial charge in [0, 0.05) is 5.39 Å². The number of fused-ring (bicyclic) bond motifs is 1. The Hall–Kier alpha value is -1.48. The van der Waals surface area contributed by atoms with Gasteiger partial charge in [-0.15, -0.1) is 0 Å². The molecule has 1 heterocycles. The number of benzene rings is 1. The van der Waals surface area contributed by atoms with Crippen molar-refractivity contribution in [3.63, 3.8) is 0 Å². The zero-order chi connectivity index (χ0) is 11.5. The Kier molecular flexibility index (Phi) is 3.15. The van der Waals surface area contributed by atoms with Gasteiger partial charge in [0.05, 0.1) is 17.8 Å². The van der Waals surface area contributed by atoms with E-state index in [-0.39, 0.29) is 0 Å². The van der Waals surface area contributed by atoms with Crippen LogP contribution in [0, 0.1) is 0 Å². The van der Waals surface area contributed by atoms with Gasteiger partial charge in [0.25, 0.3) is 0 Å². The topological polar surface area (TPSA) is 29.0 Å². The van der Waals surface area contributed by atoms with Crippen molar-refractivity contribution < 1.29 is 0 Å². The van der Waals surface area contributed by atoms with Crippen molar-refractivity contribution in [3.8, 4) is 0 Å². The highest BCUT2D eigenvalue weighted by molar-refractivity contribution is 5.80. The average Bonchev–Trinajstić information content (AvgIpc) is 2.27. The third-order valence-electron chi connectivity index (χ3n) is 2.52. The second-order valence-electron chi connectivity index (χ2n) is 4.20. The van der Waals surface area contributed by atoms with Crippen LogP contribution in [0.1, 0.15) is 18.4 Å². The number of hydrogen-bond acceptors (Lipinski definition) is 3. The summed E-state index contributed by atoms with van der Waals surface area (Å²) in [5, 5.41) is 1.17. The fourth-order valence-corrected chi connectivity index (χ4v) is 1.82. The summed E-state index contributed by atoms with van der Waals surface area (Å²) in [7, 11) is 4.06. The quantitative estimate of drug-likeness (QED) is 0.786. The highest BCUT2D eigenvalue weighted by Crippen LogP contribution is 2.16. The first-order valence-corrected chi connectivity index (χ1v) is 5.60. The molecule has 0 bridgehead atoms. The van der Waals surface area contributed by atoms with Crippen LogP contribution in [-0.2, 0) is 13.0 Å². The van der Waals surface area contributed by atoms with Gasteiger partial charge in [-0.05, 0) is 26.6 Å². The average molecular weight is 215 g/mol. The van der Waals surface area contributed by atoms with Gasteiger partial charge in [0.1, 0.15) is 5.82 Å². The van der Waals surface area contributed by atoms with Crippen molar-refractivity contribution in [1.29, 1.82) is 0 Å². The molecule has 0 atom stereocenters. The van der Waals surface area contributed by atoms with Crippen LogP contribution in [0.15, 0.2) is 24.3 Å². The summed E-state index contributed by atoms with van der Waals surface area (Å²) >= 11 is 0. The second kappa shape index (κ2) is 4.58. The minimum Gasteiger partial charge on any atom is -0.302 e. The van der Waals surface area contributed by atoms with Crippen LogP contribution in [0.5, 0.6) is 0 Å². The van der Waals surface area contributed by atoms with Crippen LogP contribution in [0.25, 0.3) is 10.9 Å². The molecule has 1 aromatic heterocycles. The maximum Gasteiger partial charge on any atom is 0.143 e. The third kappa shape index (κ3) is 2.19. The van der Waals surface area contributed by atoms with Crippen molar-refractivity contribution in [3.05, 3.63) is 35.8 Å². The largest absolute Gasteiger partial charge is 0.302 e. The molecule has 0 N–H and O–H groups in total. The Morgan fingerprint density at radius 3 is 2.56 bits per heavy atom. The minimum absolute atomic E-state index is 0.790. The van der Waals surface area contributed by atoms with Crippen LogP contribution in [0.3, 0.4) is 0 Å². The summed E-state index contributed by atoms with van der Waals surface area (Å²) in [5.74, 6) is 0.903. The molecule has 0 aliphatic carbocycles. The summed E-state index contributed by atoms with van der Waals surface area (Å²) in [4.78, 5) is 11.3. The lowest BCUT2D eigenvalue weighted by Crippen LogP contribution is -2.14. The Morgan fingerprint density at radius 2 is 1.88 bits per heavy atom. The van der Waals surface area contributed by atoms with E-state index >= 15 is 0 Å². The molecule has 0 saturated carbocycles. The van der Waals surface area contributed by atoms with E-state index in [9.17, 15) is 0 Å². The van der Waals surface area contributed by atoms with Crippen molar-refractivity contribution in [2.75, 3.05) is 14.1 Å². The standard InChI is InChI=1S/C13H17N3/c1-4-11-10-7-5-6-8-12(10)15-13(14-11)9-16(2)3/h5-8H,4,9H2,1-3H3. The smallest absolute Gasteiger partial charge is 0.143 e. The molecule has 2 rings (SSSR count). The number of rotatable bonds is 3. The van der Waals surface area contributed by atoms with E-state index in [1.165, 1.54) is 5.39 Å². The normalized spacial score (nSPS) is 11.2. The molecule has 0 saturated heterocycles. The van der Waals surface area contributed by atoms with E-state index in [0.717, 1.165) is 30.0 Å². The second-order valence-corrected chi connectivity index (χ2v) is 4.20. The van der Waals surface area contributed by atoms with Gasteiger partial charge in [0.15, 0.2) is 0 Å². The van der Waals surface area contributed by atoms with Crippen molar-refractivity contribution >= 4 is 10.9 Å². The SMILES string of the molecule is CCc1nc(CN(C)C)nc2ccccc12.